The van der Waals surface area contributed by atoms with Crippen molar-refractivity contribution in [2.75, 3.05) is 13.7 Å². The molecule has 0 aliphatic rings. The first kappa shape index (κ1) is 9.02. The average Bonchev–Trinajstić information content (AvgIpc) is 2.47. The number of H-pyrrole nitrogens is 2. The summed E-state index contributed by atoms with van der Waals surface area (Å²) < 4.78 is 5.12. The lowest BCUT2D eigenvalue weighted by molar-refractivity contribution is 0.0945. The van der Waals surface area contributed by atoms with Gasteiger partial charge in [-0.2, -0.15) is 0 Å². The van der Waals surface area contributed by atoms with Gasteiger partial charge in [0.05, 0.1) is 11.8 Å². The van der Waals surface area contributed by atoms with E-state index in [1.165, 1.54) is 0 Å². The van der Waals surface area contributed by atoms with Crippen LogP contribution in [0.2, 0.25) is 0 Å². The molecule has 1 aromatic rings. The van der Waals surface area contributed by atoms with E-state index in [9.17, 15) is 4.79 Å². The zero-order valence-corrected chi connectivity index (χ0v) is 6.96. The Hall–Kier alpha value is -1.07. The Bertz CT molecular complexity index is 278. The molecule has 0 saturated carbocycles. The van der Waals surface area contributed by atoms with E-state index in [4.69, 9.17) is 10.5 Å². The highest BCUT2D eigenvalue weighted by atomic mass is 16.5. The number of hydrogen-bond donors (Lipinski definition) is 3. The maximum Gasteiger partial charge on any atom is 0.323 e. The van der Waals surface area contributed by atoms with Gasteiger partial charge >= 0.3 is 5.69 Å². The highest BCUT2D eigenvalue weighted by molar-refractivity contribution is 4.99. The summed E-state index contributed by atoms with van der Waals surface area (Å²) in [5.74, 6) is 0. The summed E-state index contributed by atoms with van der Waals surface area (Å²) in [6, 6.07) is 0. The third-order valence-corrected chi connectivity index (χ3v) is 1.68. The number of ether oxygens (including phenoxy) is 1. The summed E-state index contributed by atoms with van der Waals surface area (Å²) in [5.41, 5.74) is 5.89. The predicted molar refractivity (Wildman–Crippen MR) is 44.8 cm³/mol. The highest BCUT2D eigenvalue weighted by Gasteiger charge is 2.10. The fraction of sp³-hybridized carbons (Fsp3) is 0.571. The van der Waals surface area contributed by atoms with Crippen molar-refractivity contribution in [1.82, 2.24) is 9.97 Å². The number of aromatic nitrogens is 2. The monoisotopic (exact) mass is 171 g/mol. The van der Waals surface area contributed by atoms with Gasteiger partial charge in [0.2, 0.25) is 0 Å². The lowest BCUT2D eigenvalue weighted by atomic mass is 10.2. The van der Waals surface area contributed by atoms with Gasteiger partial charge in [-0.25, -0.2) is 4.79 Å². The fourth-order valence-electron chi connectivity index (χ4n) is 1.07. The Labute approximate surface area is 69.9 Å². The maximum absolute atomic E-state index is 10.7. The molecule has 0 fully saturated rings. The number of nitrogens with two attached hydrogens (primary N) is 1. The zero-order chi connectivity index (χ0) is 8.97. The van der Waals surface area contributed by atoms with Crippen LogP contribution in [0.25, 0.3) is 0 Å². The minimum Gasteiger partial charge on any atom is -0.375 e. The SMILES string of the molecule is COC(CCN)c1c[nH]c(=O)[nH]1. The second-order valence-corrected chi connectivity index (χ2v) is 2.50. The molecule has 0 spiro atoms. The topological polar surface area (TPSA) is 83.9 Å². The lowest BCUT2D eigenvalue weighted by Crippen LogP contribution is -2.10. The van der Waals surface area contributed by atoms with E-state index < -0.39 is 0 Å². The minimum absolute atomic E-state index is 0.117. The van der Waals surface area contributed by atoms with E-state index in [1.807, 2.05) is 0 Å². The third kappa shape index (κ3) is 1.96. The van der Waals surface area contributed by atoms with Crippen LogP contribution in [-0.4, -0.2) is 23.6 Å². The van der Waals surface area contributed by atoms with Crippen LogP contribution in [0.5, 0.6) is 0 Å². The van der Waals surface area contributed by atoms with Gasteiger partial charge in [-0.05, 0) is 13.0 Å². The standard InChI is InChI=1S/C7H13N3O2/c1-12-6(2-3-8)5-4-9-7(11)10-5/h4,6H,2-3,8H2,1H3,(H2,9,10,11). The van der Waals surface area contributed by atoms with Crippen molar-refractivity contribution in [3.05, 3.63) is 22.4 Å². The van der Waals surface area contributed by atoms with Crippen LogP contribution in [-0.2, 0) is 4.74 Å². The molecule has 1 unspecified atom stereocenters. The molecule has 4 N–H and O–H groups in total. The van der Waals surface area contributed by atoms with Gasteiger partial charge in [0, 0.05) is 13.3 Å². The number of rotatable bonds is 4. The molecule has 68 valence electrons. The molecule has 1 heterocycles. The zero-order valence-electron chi connectivity index (χ0n) is 6.96. The molecule has 0 radical (unpaired) electrons. The lowest BCUT2D eigenvalue weighted by Gasteiger charge is -2.10. The number of aromatic amines is 2. The molecule has 1 atom stereocenters. The van der Waals surface area contributed by atoms with Crippen molar-refractivity contribution in [1.29, 1.82) is 0 Å². The number of imidazole rings is 1. The second kappa shape index (κ2) is 4.08. The normalized spacial score (nSPS) is 13.2. The Balaban J connectivity index is 2.72. The smallest absolute Gasteiger partial charge is 0.323 e. The van der Waals surface area contributed by atoms with Crippen LogP contribution < -0.4 is 11.4 Å². The quantitative estimate of drug-likeness (QED) is 0.583. The summed E-state index contributed by atoms with van der Waals surface area (Å²) in [7, 11) is 1.59. The van der Waals surface area contributed by atoms with Crippen LogP contribution in [0.4, 0.5) is 0 Å². The molecular formula is C7H13N3O2. The van der Waals surface area contributed by atoms with Crippen molar-refractivity contribution < 1.29 is 4.74 Å². The fourth-order valence-corrected chi connectivity index (χ4v) is 1.07. The molecule has 0 saturated heterocycles. The Kier molecular flexibility index (Phi) is 3.07. The summed E-state index contributed by atoms with van der Waals surface area (Å²) in [6.07, 6.45) is 2.19. The molecule has 0 bridgehead atoms. The van der Waals surface area contributed by atoms with Gasteiger partial charge in [-0.15, -0.1) is 0 Å². The molecule has 0 aromatic carbocycles. The van der Waals surface area contributed by atoms with E-state index in [0.29, 0.717) is 13.0 Å². The number of methoxy groups -OCH3 is 1. The summed E-state index contributed by atoms with van der Waals surface area (Å²) >= 11 is 0. The average molecular weight is 171 g/mol. The molecule has 0 amide bonds. The molecule has 0 aliphatic heterocycles. The van der Waals surface area contributed by atoms with Gasteiger partial charge in [-0.3, -0.25) is 0 Å². The number of hydrogen-bond acceptors (Lipinski definition) is 3. The second-order valence-electron chi connectivity index (χ2n) is 2.50. The van der Waals surface area contributed by atoms with Crippen molar-refractivity contribution >= 4 is 0 Å². The molecular weight excluding hydrogens is 158 g/mol. The molecule has 1 aromatic heterocycles. The van der Waals surface area contributed by atoms with Crippen molar-refractivity contribution in [2.24, 2.45) is 5.73 Å². The molecule has 5 heteroatoms. The number of nitrogens with one attached hydrogen (secondary N) is 2. The van der Waals surface area contributed by atoms with Crippen molar-refractivity contribution in [2.45, 2.75) is 12.5 Å². The molecule has 0 aliphatic carbocycles. The largest absolute Gasteiger partial charge is 0.375 e. The first-order valence-electron chi connectivity index (χ1n) is 3.78. The van der Waals surface area contributed by atoms with E-state index >= 15 is 0 Å². The first-order valence-corrected chi connectivity index (χ1v) is 3.78. The first-order chi connectivity index (χ1) is 5.77. The minimum atomic E-state index is -0.218. The summed E-state index contributed by atoms with van der Waals surface area (Å²) in [5, 5.41) is 0. The summed E-state index contributed by atoms with van der Waals surface area (Å²) in [6.45, 7) is 0.533. The van der Waals surface area contributed by atoms with E-state index in [0.717, 1.165) is 5.69 Å². The Morgan fingerprint density at radius 2 is 2.50 bits per heavy atom. The van der Waals surface area contributed by atoms with Crippen LogP contribution in [0.15, 0.2) is 11.0 Å². The van der Waals surface area contributed by atoms with Gasteiger partial charge < -0.3 is 20.4 Å². The van der Waals surface area contributed by atoms with E-state index in [-0.39, 0.29) is 11.8 Å². The highest BCUT2D eigenvalue weighted by Crippen LogP contribution is 2.14. The van der Waals surface area contributed by atoms with E-state index in [2.05, 4.69) is 9.97 Å². The predicted octanol–water partition coefficient (Wildman–Crippen LogP) is -0.261. The van der Waals surface area contributed by atoms with Crippen LogP contribution in [0.3, 0.4) is 0 Å². The Morgan fingerprint density at radius 1 is 1.75 bits per heavy atom. The van der Waals surface area contributed by atoms with Crippen molar-refractivity contribution in [3.8, 4) is 0 Å². The van der Waals surface area contributed by atoms with Gasteiger partial charge in [0.25, 0.3) is 0 Å². The molecule has 5 nitrogen and oxygen atoms in total. The van der Waals surface area contributed by atoms with Crippen LogP contribution in [0.1, 0.15) is 18.2 Å². The maximum atomic E-state index is 10.7. The third-order valence-electron chi connectivity index (χ3n) is 1.68. The van der Waals surface area contributed by atoms with Gasteiger partial charge in [-0.1, -0.05) is 0 Å². The van der Waals surface area contributed by atoms with Gasteiger partial charge in [0.15, 0.2) is 0 Å². The molecule has 1 rings (SSSR count). The molecule has 12 heavy (non-hydrogen) atoms. The van der Waals surface area contributed by atoms with Crippen molar-refractivity contribution in [3.63, 3.8) is 0 Å². The van der Waals surface area contributed by atoms with Crippen LogP contribution >= 0.6 is 0 Å². The Morgan fingerprint density at radius 3 is 2.92 bits per heavy atom. The van der Waals surface area contributed by atoms with E-state index in [1.54, 1.807) is 13.3 Å². The summed E-state index contributed by atoms with van der Waals surface area (Å²) in [4.78, 5) is 15.8. The van der Waals surface area contributed by atoms with Gasteiger partial charge in [0.1, 0.15) is 0 Å². The van der Waals surface area contributed by atoms with Crippen LogP contribution in [0, 0.1) is 0 Å².